The zero-order chi connectivity index (χ0) is 21.5. The Hall–Kier alpha value is -3.73. The van der Waals surface area contributed by atoms with Gasteiger partial charge in [-0.3, -0.25) is 4.79 Å². The standard InChI is InChI=1S/C26H25N3O2/c1-19-12-14-22(15-13-19)26-29-28-25(31-26)17-16-24(30)27-18-23(20-8-4-2-5-9-20)21-10-6-3-7-11-21/h2-15,23H,16-18H2,1H3,(H,27,30). The smallest absolute Gasteiger partial charge is 0.247 e. The summed E-state index contributed by atoms with van der Waals surface area (Å²) in [7, 11) is 0. The summed E-state index contributed by atoms with van der Waals surface area (Å²) in [5.74, 6) is 1.01. The van der Waals surface area contributed by atoms with Crippen LogP contribution >= 0.6 is 0 Å². The van der Waals surface area contributed by atoms with E-state index < -0.39 is 0 Å². The molecule has 5 heteroatoms. The van der Waals surface area contributed by atoms with Gasteiger partial charge in [-0.2, -0.15) is 0 Å². The molecule has 0 aliphatic carbocycles. The number of benzene rings is 3. The molecular formula is C26H25N3O2. The molecule has 0 aliphatic rings. The average Bonchev–Trinajstić information content (AvgIpc) is 3.29. The van der Waals surface area contributed by atoms with E-state index in [1.165, 1.54) is 16.7 Å². The molecule has 0 spiro atoms. The van der Waals surface area contributed by atoms with E-state index in [9.17, 15) is 4.79 Å². The van der Waals surface area contributed by atoms with Gasteiger partial charge in [0.05, 0.1) is 0 Å². The van der Waals surface area contributed by atoms with E-state index in [0.29, 0.717) is 31.2 Å². The van der Waals surface area contributed by atoms with E-state index in [1.54, 1.807) is 0 Å². The number of aryl methyl sites for hydroxylation is 2. The minimum atomic E-state index is -0.0352. The molecule has 1 amide bonds. The molecule has 0 fully saturated rings. The number of hydrogen-bond acceptors (Lipinski definition) is 4. The van der Waals surface area contributed by atoms with Crippen LogP contribution in [-0.4, -0.2) is 22.6 Å². The molecule has 0 aliphatic heterocycles. The summed E-state index contributed by atoms with van der Waals surface area (Å²) in [5, 5.41) is 11.2. The third kappa shape index (κ3) is 5.45. The van der Waals surface area contributed by atoms with Crippen LogP contribution in [0, 0.1) is 6.92 Å². The lowest BCUT2D eigenvalue weighted by atomic mass is 9.91. The van der Waals surface area contributed by atoms with Gasteiger partial charge in [-0.05, 0) is 30.2 Å². The number of carbonyl (C=O) groups is 1. The maximum absolute atomic E-state index is 12.5. The summed E-state index contributed by atoms with van der Waals surface area (Å²) >= 11 is 0. The van der Waals surface area contributed by atoms with E-state index in [0.717, 1.165) is 5.56 Å². The van der Waals surface area contributed by atoms with Gasteiger partial charge in [-0.1, -0.05) is 78.4 Å². The van der Waals surface area contributed by atoms with E-state index in [4.69, 9.17) is 4.42 Å². The minimum Gasteiger partial charge on any atom is -0.421 e. The summed E-state index contributed by atoms with van der Waals surface area (Å²) in [6, 6.07) is 28.4. The third-order valence-electron chi connectivity index (χ3n) is 5.24. The normalized spacial score (nSPS) is 10.9. The van der Waals surface area contributed by atoms with Gasteiger partial charge in [0.1, 0.15) is 0 Å². The lowest BCUT2D eigenvalue weighted by Gasteiger charge is -2.18. The summed E-state index contributed by atoms with van der Waals surface area (Å²) in [6.07, 6.45) is 0.706. The van der Waals surface area contributed by atoms with Crippen molar-refractivity contribution in [2.45, 2.75) is 25.7 Å². The first-order valence-electron chi connectivity index (χ1n) is 10.4. The van der Waals surface area contributed by atoms with E-state index in [1.807, 2.05) is 67.6 Å². The minimum absolute atomic E-state index is 0.0352. The molecule has 0 unspecified atom stereocenters. The molecule has 4 rings (SSSR count). The van der Waals surface area contributed by atoms with Gasteiger partial charge >= 0.3 is 0 Å². The summed E-state index contributed by atoms with van der Waals surface area (Å²) in [5.41, 5.74) is 4.40. The number of amides is 1. The molecule has 156 valence electrons. The van der Waals surface area contributed by atoms with Crippen LogP contribution in [0.5, 0.6) is 0 Å². The monoisotopic (exact) mass is 411 g/mol. The van der Waals surface area contributed by atoms with E-state index in [-0.39, 0.29) is 11.8 Å². The van der Waals surface area contributed by atoms with E-state index in [2.05, 4.69) is 39.8 Å². The number of rotatable bonds is 8. The lowest BCUT2D eigenvalue weighted by molar-refractivity contribution is -0.121. The molecule has 0 atom stereocenters. The molecule has 0 bridgehead atoms. The highest BCUT2D eigenvalue weighted by Crippen LogP contribution is 2.24. The maximum Gasteiger partial charge on any atom is 0.247 e. The topological polar surface area (TPSA) is 68.0 Å². The van der Waals surface area contributed by atoms with Crippen molar-refractivity contribution in [1.29, 1.82) is 0 Å². The first-order chi connectivity index (χ1) is 15.2. The summed E-state index contributed by atoms with van der Waals surface area (Å²) in [4.78, 5) is 12.5. The van der Waals surface area contributed by atoms with Crippen molar-refractivity contribution >= 4 is 5.91 Å². The Bertz CT molecular complexity index is 1070. The second-order valence-electron chi connectivity index (χ2n) is 7.55. The van der Waals surface area contributed by atoms with Crippen LogP contribution in [0.2, 0.25) is 0 Å². The SMILES string of the molecule is Cc1ccc(-c2nnc(CCC(=O)NCC(c3ccccc3)c3ccccc3)o2)cc1. The van der Waals surface area contributed by atoms with Crippen molar-refractivity contribution in [2.75, 3.05) is 6.54 Å². The Morgan fingerprint density at radius 1 is 0.871 bits per heavy atom. The van der Waals surface area contributed by atoms with Crippen molar-refractivity contribution < 1.29 is 9.21 Å². The molecule has 0 saturated heterocycles. The molecule has 1 heterocycles. The fourth-order valence-corrected chi connectivity index (χ4v) is 3.49. The average molecular weight is 412 g/mol. The van der Waals surface area contributed by atoms with Crippen LogP contribution in [0.15, 0.2) is 89.3 Å². The lowest BCUT2D eigenvalue weighted by Crippen LogP contribution is -2.29. The van der Waals surface area contributed by atoms with Crippen LogP contribution in [0.1, 0.15) is 34.9 Å². The second-order valence-corrected chi connectivity index (χ2v) is 7.55. The van der Waals surface area contributed by atoms with Gasteiger partial charge in [0.2, 0.25) is 17.7 Å². The highest BCUT2D eigenvalue weighted by molar-refractivity contribution is 5.76. The molecule has 5 nitrogen and oxygen atoms in total. The quantitative estimate of drug-likeness (QED) is 0.447. The van der Waals surface area contributed by atoms with Crippen molar-refractivity contribution in [2.24, 2.45) is 0 Å². The van der Waals surface area contributed by atoms with Crippen molar-refractivity contribution in [3.63, 3.8) is 0 Å². The predicted octanol–water partition coefficient (Wildman–Crippen LogP) is 4.93. The Morgan fingerprint density at radius 2 is 1.48 bits per heavy atom. The van der Waals surface area contributed by atoms with Crippen LogP contribution in [0.25, 0.3) is 11.5 Å². The second kappa shape index (κ2) is 9.85. The van der Waals surface area contributed by atoms with Gasteiger partial charge in [0.25, 0.3) is 0 Å². The molecular weight excluding hydrogens is 386 g/mol. The fraction of sp³-hybridized carbons (Fsp3) is 0.192. The third-order valence-corrected chi connectivity index (χ3v) is 5.24. The first kappa shape index (κ1) is 20.5. The van der Waals surface area contributed by atoms with Gasteiger partial charge in [0.15, 0.2) is 0 Å². The summed E-state index contributed by atoms with van der Waals surface area (Å²) < 4.78 is 5.72. The molecule has 3 aromatic carbocycles. The number of hydrogen-bond donors (Lipinski definition) is 1. The zero-order valence-corrected chi connectivity index (χ0v) is 17.5. The summed E-state index contributed by atoms with van der Waals surface area (Å²) in [6.45, 7) is 2.56. The zero-order valence-electron chi connectivity index (χ0n) is 17.5. The number of nitrogens with one attached hydrogen (secondary N) is 1. The Morgan fingerprint density at radius 3 is 2.10 bits per heavy atom. The van der Waals surface area contributed by atoms with Crippen LogP contribution < -0.4 is 5.32 Å². The fourth-order valence-electron chi connectivity index (χ4n) is 3.49. The Labute approximate surface area is 182 Å². The van der Waals surface area contributed by atoms with Crippen LogP contribution in [0.4, 0.5) is 0 Å². The molecule has 0 saturated carbocycles. The number of nitrogens with zero attached hydrogens (tertiary/aromatic N) is 2. The van der Waals surface area contributed by atoms with Gasteiger partial charge < -0.3 is 9.73 Å². The number of aromatic nitrogens is 2. The first-order valence-corrected chi connectivity index (χ1v) is 10.4. The Balaban J connectivity index is 1.34. The number of carbonyl (C=O) groups excluding carboxylic acids is 1. The predicted molar refractivity (Wildman–Crippen MR) is 121 cm³/mol. The largest absolute Gasteiger partial charge is 0.421 e. The van der Waals surface area contributed by atoms with Gasteiger partial charge in [-0.25, -0.2) is 0 Å². The Kier molecular flexibility index (Phi) is 6.53. The van der Waals surface area contributed by atoms with Crippen molar-refractivity contribution in [1.82, 2.24) is 15.5 Å². The maximum atomic E-state index is 12.5. The van der Waals surface area contributed by atoms with Crippen LogP contribution in [-0.2, 0) is 11.2 Å². The molecule has 4 aromatic rings. The van der Waals surface area contributed by atoms with Gasteiger partial charge in [-0.15, -0.1) is 10.2 Å². The van der Waals surface area contributed by atoms with Crippen molar-refractivity contribution in [3.05, 3.63) is 108 Å². The highest BCUT2D eigenvalue weighted by Gasteiger charge is 2.16. The van der Waals surface area contributed by atoms with Gasteiger partial charge in [0, 0.05) is 30.9 Å². The molecule has 31 heavy (non-hydrogen) atoms. The molecule has 1 N–H and O–H groups in total. The van der Waals surface area contributed by atoms with E-state index >= 15 is 0 Å². The van der Waals surface area contributed by atoms with Crippen molar-refractivity contribution in [3.8, 4) is 11.5 Å². The highest BCUT2D eigenvalue weighted by atomic mass is 16.4. The van der Waals surface area contributed by atoms with Crippen LogP contribution in [0.3, 0.4) is 0 Å². The molecule has 0 radical (unpaired) electrons. The molecule has 1 aromatic heterocycles.